The number of halogens is 1. The second-order valence-corrected chi connectivity index (χ2v) is 10.4. The van der Waals surface area contributed by atoms with Gasteiger partial charge >= 0.3 is 0 Å². The van der Waals surface area contributed by atoms with Crippen molar-refractivity contribution in [2.45, 2.75) is 18.9 Å². The van der Waals surface area contributed by atoms with Crippen molar-refractivity contribution in [2.24, 2.45) is 0 Å². The quantitative estimate of drug-likeness (QED) is 0.312. The molecule has 1 N–H and O–H groups in total. The van der Waals surface area contributed by atoms with E-state index in [0.29, 0.717) is 19.8 Å². The number of anilines is 2. The predicted molar refractivity (Wildman–Crippen MR) is 154 cm³/mol. The Hall–Kier alpha value is -4.43. The summed E-state index contributed by atoms with van der Waals surface area (Å²) in [7, 11) is 1.65. The van der Waals surface area contributed by atoms with E-state index >= 15 is 0 Å². The molecule has 0 saturated carbocycles. The zero-order valence-electron chi connectivity index (χ0n) is 22.2. The summed E-state index contributed by atoms with van der Waals surface area (Å²) in [5.74, 6) is 1.10. The molecule has 0 spiro atoms. The molecule has 0 aliphatic carbocycles. The summed E-state index contributed by atoms with van der Waals surface area (Å²) in [6.07, 6.45) is 2.42. The number of carbonyl (C=O) groups excluding carboxylic acids is 1. The van der Waals surface area contributed by atoms with Crippen LogP contribution < -0.4 is 15.0 Å². The van der Waals surface area contributed by atoms with Gasteiger partial charge in [-0.2, -0.15) is 0 Å². The number of pyridine rings is 1. The van der Waals surface area contributed by atoms with Gasteiger partial charge in [0, 0.05) is 60.6 Å². The molecule has 0 unspecified atom stereocenters. The molecule has 0 radical (unpaired) electrons. The van der Waals surface area contributed by atoms with Crippen LogP contribution in [-0.4, -0.2) is 48.9 Å². The Morgan fingerprint density at radius 3 is 2.73 bits per heavy atom. The minimum atomic E-state index is -0.254. The Morgan fingerprint density at radius 1 is 1.05 bits per heavy atom. The standard InChI is InChI=1S/C32H29FN4O3/c1-39-23-9-8-21-15-25(32(35-28(21)16-23)36-10-12-40-13-11-36)24-17-30(38)34-27-6-3-7-29-31(27)26(24)19-37(29)18-20-4-2-5-22(33)14-20/h2-9,14-16,19,24H,10-13,17-18H2,1H3,(H,34,38)/t24-/m0/s1. The molecule has 8 heteroatoms. The molecule has 3 aromatic carbocycles. The van der Waals surface area contributed by atoms with E-state index in [1.54, 1.807) is 19.2 Å². The Bertz CT molecular complexity index is 1760. The van der Waals surface area contributed by atoms with Crippen LogP contribution >= 0.6 is 0 Å². The van der Waals surface area contributed by atoms with E-state index in [0.717, 1.165) is 68.8 Å². The molecule has 0 bridgehead atoms. The van der Waals surface area contributed by atoms with Crippen molar-refractivity contribution >= 4 is 39.2 Å². The maximum atomic E-state index is 14.0. The number of rotatable bonds is 5. The first kappa shape index (κ1) is 24.6. The lowest BCUT2D eigenvalue weighted by Gasteiger charge is -2.31. The number of ether oxygens (including phenoxy) is 2. The van der Waals surface area contributed by atoms with Crippen molar-refractivity contribution in [3.63, 3.8) is 0 Å². The van der Waals surface area contributed by atoms with E-state index in [2.05, 4.69) is 33.1 Å². The first-order chi connectivity index (χ1) is 19.6. The number of morpholine rings is 1. The van der Waals surface area contributed by atoms with E-state index in [-0.39, 0.29) is 24.1 Å². The van der Waals surface area contributed by atoms with Crippen LogP contribution in [0.15, 0.2) is 72.9 Å². The second-order valence-electron chi connectivity index (χ2n) is 10.4. The topological polar surface area (TPSA) is 68.6 Å². The Kier molecular flexibility index (Phi) is 6.12. The number of nitrogens with one attached hydrogen (secondary N) is 1. The van der Waals surface area contributed by atoms with Gasteiger partial charge in [-0.05, 0) is 53.6 Å². The third kappa shape index (κ3) is 4.34. The fourth-order valence-corrected chi connectivity index (χ4v) is 6.06. The lowest BCUT2D eigenvalue weighted by Crippen LogP contribution is -2.37. The van der Waals surface area contributed by atoms with Crippen molar-refractivity contribution in [3.05, 3.63) is 95.4 Å². The van der Waals surface area contributed by atoms with Crippen LogP contribution in [0.2, 0.25) is 0 Å². The molecule has 1 amide bonds. The third-order valence-corrected chi connectivity index (χ3v) is 7.94. The van der Waals surface area contributed by atoms with E-state index < -0.39 is 0 Å². The van der Waals surface area contributed by atoms with Gasteiger partial charge in [0.25, 0.3) is 0 Å². The highest BCUT2D eigenvalue weighted by molar-refractivity contribution is 6.06. The van der Waals surface area contributed by atoms with Gasteiger partial charge in [-0.25, -0.2) is 9.37 Å². The highest BCUT2D eigenvalue weighted by atomic mass is 19.1. The average molecular weight is 537 g/mol. The zero-order valence-corrected chi connectivity index (χ0v) is 22.2. The smallest absolute Gasteiger partial charge is 0.225 e. The molecule has 2 aliphatic heterocycles. The van der Waals surface area contributed by atoms with Gasteiger partial charge in [0.05, 0.1) is 37.0 Å². The highest BCUT2D eigenvalue weighted by Crippen LogP contribution is 2.44. The minimum absolute atomic E-state index is 0.0341. The van der Waals surface area contributed by atoms with Crippen molar-refractivity contribution in [3.8, 4) is 5.75 Å². The molecule has 2 aliphatic rings. The summed E-state index contributed by atoms with van der Waals surface area (Å²) in [6.45, 7) is 3.21. The van der Waals surface area contributed by atoms with Gasteiger partial charge in [-0.15, -0.1) is 0 Å². The van der Waals surface area contributed by atoms with Gasteiger partial charge in [-0.1, -0.05) is 18.2 Å². The van der Waals surface area contributed by atoms with Gasteiger partial charge in [0.1, 0.15) is 17.4 Å². The Balaban J connectivity index is 1.43. The summed E-state index contributed by atoms with van der Waals surface area (Å²) in [5, 5.41) is 5.14. The molecule has 1 fully saturated rings. The number of nitrogens with zero attached hydrogens (tertiary/aromatic N) is 3. The summed E-state index contributed by atoms with van der Waals surface area (Å²) in [4.78, 5) is 20.7. The van der Waals surface area contributed by atoms with Crippen LogP contribution in [0.3, 0.4) is 0 Å². The molecule has 2 aromatic heterocycles. The summed E-state index contributed by atoms with van der Waals surface area (Å²) < 4.78 is 27.3. The monoisotopic (exact) mass is 536 g/mol. The lowest BCUT2D eigenvalue weighted by molar-refractivity contribution is -0.116. The average Bonchev–Trinajstić information content (AvgIpc) is 3.26. The molecular weight excluding hydrogens is 507 g/mol. The van der Waals surface area contributed by atoms with E-state index in [4.69, 9.17) is 14.5 Å². The van der Waals surface area contributed by atoms with Crippen LogP contribution in [0, 0.1) is 5.82 Å². The molecule has 202 valence electrons. The van der Waals surface area contributed by atoms with Crippen LogP contribution in [0.4, 0.5) is 15.9 Å². The zero-order chi connectivity index (χ0) is 27.2. The normalized spacial score (nSPS) is 17.2. The number of hydrogen-bond donors (Lipinski definition) is 1. The maximum Gasteiger partial charge on any atom is 0.225 e. The van der Waals surface area contributed by atoms with Crippen molar-refractivity contribution < 1.29 is 18.7 Å². The summed E-state index contributed by atoms with van der Waals surface area (Å²) >= 11 is 0. The Labute approximate surface area is 231 Å². The molecule has 1 atom stereocenters. The van der Waals surface area contributed by atoms with Gasteiger partial charge in [0.2, 0.25) is 5.91 Å². The van der Waals surface area contributed by atoms with Gasteiger partial charge < -0.3 is 24.3 Å². The largest absolute Gasteiger partial charge is 0.497 e. The summed E-state index contributed by atoms with van der Waals surface area (Å²) in [6, 6.07) is 20.7. The fraction of sp³-hybridized carbons (Fsp3) is 0.250. The predicted octanol–water partition coefficient (Wildman–Crippen LogP) is 5.70. The molecule has 1 saturated heterocycles. The minimum Gasteiger partial charge on any atom is -0.497 e. The number of aromatic nitrogens is 2. The first-order valence-corrected chi connectivity index (χ1v) is 13.5. The van der Waals surface area contributed by atoms with Crippen molar-refractivity contribution in [1.82, 2.24) is 9.55 Å². The number of methoxy groups -OCH3 is 1. The first-order valence-electron chi connectivity index (χ1n) is 13.5. The Morgan fingerprint density at radius 2 is 1.90 bits per heavy atom. The van der Waals surface area contributed by atoms with E-state index in [9.17, 15) is 9.18 Å². The van der Waals surface area contributed by atoms with Crippen LogP contribution in [0.25, 0.3) is 21.8 Å². The highest BCUT2D eigenvalue weighted by Gasteiger charge is 2.32. The molecule has 7 nitrogen and oxygen atoms in total. The number of hydrogen-bond acceptors (Lipinski definition) is 5. The maximum absolute atomic E-state index is 14.0. The molecule has 4 heterocycles. The number of amides is 1. The third-order valence-electron chi connectivity index (χ3n) is 7.94. The SMILES string of the molecule is COc1ccc2cc([C@@H]3CC(=O)Nc4cccc5c4c3cn5Cc3cccc(F)c3)c(N3CCOCC3)nc2c1. The number of fused-ring (bicyclic) bond motifs is 1. The van der Waals surface area contributed by atoms with Gasteiger partial charge in [-0.3, -0.25) is 4.79 Å². The lowest BCUT2D eigenvalue weighted by atomic mass is 9.87. The van der Waals surface area contributed by atoms with Crippen LogP contribution in [0.5, 0.6) is 5.75 Å². The van der Waals surface area contributed by atoms with Crippen molar-refractivity contribution in [2.75, 3.05) is 43.6 Å². The van der Waals surface area contributed by atoms with E-state index in [1.165, 1.54) is 6.07 Å². The summed E-state index contributed by atoms with van der Waals surface area (Å²) in [5.41, 5.74) is 5.58. The van der Waals surface area contributed by atoms with E-state index in [1.807, 2.05) is 36.4 Å². The van der Waals surface area contributed by atoms with Crippen LogP contribution in [-0.2, 0) is 16.1 Å². The van der Waals surface area contributed by atoms with Gasteiger partial charge in [0.15, 0.2) is 0 Å². The van der Waals surface area contributed by atoms with Crippen molar-refractivity contribution in [1.29, 1.82) is 0 Å². The molecule has 40 heavy (non-hydrogen) atoms. The number of benzene rings is 3. The second kappa shape index (κ2) is 9.95. The molecule has 5 aromatic rings. The number of carbonyl (C=O) groups is 1. The molecular formula is C32H29FN4O3. The van der Waals surface area contributed by atoms with Crippen LogP contribution in [0.1, 0.15) is 29.0 Å². The molecule has 7 rings (SSSR count). The fourth-order valence-electron chi connectivity index (χ4n) is 6.06.